The third-order valence-electron chi connectivity index (χ3n) is 3.43. The molecule has 1 saturated heterocycles. The van der Waals surface area contributed by atoms with Crippen LogP contribution in [0.4, 0.5) is 4.39 Å². The third-order valence-corrected chi connectivity index (χ3v) is 3.74. The average molecular weight is 315 g/mol. The Balaban J connectivity index is 1.97. The van der Waals surface area contributed by atoms with Gasteiger partial charge in [-0.15, -0.1) is 0 Å². The second kappa shape index (κ2) is 6.30. The molecule has 1 amide bonds. The molecule has 0 aliphatic carbocycles. The first kappa shape index (κ1) is 16.2. The number of nitrogens with zero attached hydrogens (tertiary/aromatic N) is 2. The van der Waals surface area contributed by atoms with E-state index in [9.17, 15) is 14.3 Å². The number of carbonyl (C=O) groups is 1. The van der Waals surface area contributed by atoms with Crippen molar-refractivity contribution in [2.24, 2.45) is 0 Å². The molecule has 1 N–H and O–H groups in total. The Hall–Kier alpha value is -1.17. The Kier molecular flexibility index (Phi) is 4.86. The number of benzene rings is 1. The minimum atomic E-state index is -0.744. The number of hydrogen-bond acceptors (Lipinski definition) is 3. The maximum atomic E-state index is 13.0. The lowest BCUT2D eigenvalue weighted by Gasteiger charge is -2.37. The van der Waals surface area contributed by atoms with Crippen LogP contribution in [0.3, 0.4) is 0 Å². The largest absolute Gasteiger partial charge is 0.389 e. The van der Waals surface area contributed by atoms with Gasteiger partial charge < -0.3 is 10.0 Å². The molecule has 116 valence electrons. The smallest absolute Gasteiger partial charge is 0.255 e. The van der Waals surface area contributed by atoms with E-state index in [2.05, 4.69) is 4.90 Å². The van der Waals surface area contributed by atoms with E-state index in [-0.39, 0.29) is 10.9 Å². The van der Waals surface area contributed by atoms with Crippen LogP contribution in [0.25, 0.3) is 0 Å². The number of aliphatic hydroxyl groups is 1. The summed E-state index contributed by atoms with van der Waals surface area (Å²) in [5.74, 6) is -0.630. The topological polar surface area (TPSA) is 43.8 Å². The van der Waals surface area contributed by atoms with Crippen molar-refractivity contribution in [2.45, 2.75) is 19.4 Å². The van der Waals surface area contributed by atoms with Gasteiger partial charge in [0.2, 0.25) is 0 Å². The molecular formula is C15H20ClFN2O2. The van der Waals surface area contributed by atoms with E-state index in [1.165, 1.54) is 12.1 Å². The van der Waals surface area contributed by atoms with Gasteiger partial charge in [-0.2, -0.15) is 0 Å². The first-order chi connectivity index (χ1) is 9.76. The zero-order valence-corrected chi connectivity index (χ0v) is 13.0. The van der Waals surface area contributed by atoms with Gasteiger partial charge in [0.05, 0.1) is 16.2 Å². The molecular weight excluding hydrogens is 295 g/mol. The molecule has 21 heavy (non-hydrogen) atoms. The zero-order chi connectivity index (χ0) is 15.6. The fourth-order valence-corrected chi connectivity index (χ4v) is 2.74. The van der Waals surface area contributed by atoms with Gasteiger partial charge in [0.1, 0.15) is 5.82 Å². The van der Waals surface area contributed by atoms with E-state index in [4.69, 9.17) is 11.6 Å². The SMILES string of the molecule is CC(C)(O)CN1CCN(C(=O)c2ccc(F)cc2Cl)CC1. The second-order valence-electron chi connectivity index (χ2n) is 6.00. The molecule has 1 fully saturated rings. The summed E-state index contributed by atoms with van der Waals surface area (Å²) in [6, 6.07) is 3.81. The van der Waals surface area contributed by atoms with Crippen LogP contribution >= 0.6 is 11.6 Å². The highest BCUT2D eigenvalue weighted by Crippen LogP contribution is 2.20. The molecule has 2 rings (SSSR count). The molecule has 1 aromatic carbocycles. The lowest BCUT2D eigenvalue weighted by atomic mass is 10.1. The third kappa shape index (κ3) is 4.40. The Labute approximate surface area is 129 Å². The minimum Gasteiger partial charge on any atom is -0.389 e. The van der Waals surface area contributed by atoms with Gasteiger partial charge in [0.15, 0.2) is 0 Å². The van der Waals surface area contributed by atoms with Gasteiger partial charge in [-0.1, -0.05) is 11.6 Å². The van der Waals surface area contributed by atoms with Crippen molar-refractivity contribution in [1.29, 1.82) is 0 Å². The number of piperazine rings is 1. The molecule has 1 heterocycles. The molecule has 0 unspecified atom stereocenters. The molecule has 1 aliphatic rings. The van der Waals surface area contributed by atoms with E-state index in [1.54, 1.807) is 18.7 Å². The van der Waals surface area contributed by atoms with Crippen molar-refractivity contribution in [3.63, 3.8) is 0 Å². The predicted molar refractivity (Wildman–Crippen MR) is 80.1 cm³/mol. The second-order valence-corrected chi connectivity index (χ2v) is 6.41. The Morgan fingerprint density at radius 1 is 1.33 bits per heavy atom. The monoisotopic (exact) mass is 314 g/mol. The van der Waals surface area contributed by atoms with E-state index < -0.39 is 11.4 Å². The van der Waals surface area contributed by atoms with Crippen molar-refractivity contribution >= 4 is 17.5 Å². The summed E-state index contributed by atoms with van der Waals surface area (Å²) in [7, 11) is 0. The van der Waals surface area contributed by atoms with Gasteiger partial charge in [-0.25, -0.2) is 4.39 Å². The van der Waals surface area contributed by atoms with Crippen molar-refractivity contribution in [2.75, 3.05) is 32.7 Å². The fourth-order valence-electron chi connectivity index (χ4n) is 2.49. The van der Waals surface area contributed by atoms with Crippen molar-refractivity contribution in [3.8, 4) is 0 Å². The van der Waals surface area contributed by atoms with E-state index in [1.807, 2.05) is 0 Å². The molecule has 0 bridgehead atoms. The zero-order valence-electron chi connectivity index (χ0n) is 12.3. The number of rotatable bonds is 3. The quantitative estimate of drug-likeness (QED) is 0.928. The number of amides is 1. The summed E-state index contributed by atoms with van der Waals surface area (Å²) in [6.07, 6.45) is 0. The molecule has 0 atom stereocenters. The summed E-state index contributed by atoms with van der Waals surface area (Å²) in [5.41, 5.74) is -0.416. The number of carbonyl (C=O) groups excluding carboxylic acids is 1. The highest BCUT2D eigenvalue weighted by molar-refractivity contribution is 6.33. The molecule has 6 heteroatoms. The predicted octanol–water partition coefficient (Wildman–Crippen LogP) is 2.01. The van der Waals surface area contributed by atoms with E-state index >= 15 is 0 Å². The van der Waals surface area contributed by atoms with Crippen LogP contribution in [-0.4, -0.2) is 59.1 Å². The Morgan fingerprint density at radius 3 is 2.48 bits per heavy atom. The van der Waals surface area contributed by atoms with Gasteiger partial charge in [-0.05, 0) is 32.0 Å². The normalized spacial score (nSPS) is 17.1. The highest BCUT2D eigenvalue weighted by atomic mass is 35.5. The summed E-state index contributed by atoms with van der Waals surface area (Å²) >= 11 is 5.93. The van der Waals surface area contributed by atoms with Crippen LogP contribution in [0, 0.1) is 5.82 Å². The summed E-state index contributed by atoms with van der Waals surface area (Å²) in [4.78, 5) is 16.2. The van der Waals surface area contributed by atoms with Crippen LogP contribution in [-0.2, 0) is 0 Å². The van der Waals surface area contributed by atoms with E-state index in [0.717, 1.165) is 6.07 Å². The highest BCUT2D eigenvalue weighted by Gasteiger charge is 2.26. The van der Waals surface area contributed by atoms with Gasteiger partial charge in [-0.3, -0.25) is 9.69 Å². The fraction of sp³-hybridized carbons (Fsp3) is 0.533. The summed E-state index contributed by atoms with van der Waals surface area (Å²) in [6.45, 7) is 6.66. The number of hydrogen-bond donors (Lipinski definition) is 1. The first-order valence-corrected chi connectivity index (χ1v) is 7.33. The van der Waals surface area contributed by atoms with Gasteiger partial charge >= 0.3 is 0 Å². The Morgan fingerprint density at radius 2 is 1.95 bits per heavy atom. The minimum absolute atomic E-state index is 0.138. The molecule has 0 spiro atoms. The standard InChI is InChI=1S/C15H20ClFN2O2/c1-15(2,21)10-18-5-7-19(8-6-18)14(20)12-4-3-11(17)9-13(12)16/h3-4,9,21H,5-8,10H2,1-2H3. The maximum absolute atomic E-state index is 13.0. The van der Waals surface area contributed by atoms with Crippen molar-refractivity contribution in [1.82, 2.24) is 9.80 Å². The molecule has 1 aromatic rings. The van der Waals surface area contributed by atoms with Gasteiger partial charge in [0.25, 0.3) is 5.91 Å². The maximum Gasteiger partial charge on any atom is 0.255 e. The Bertz CT molecular complexity index is 523. The van der Waals surface area contributed by atoms with Crippen LogP contribution in [0.2, 0.25) is 5.02 Å². The molecule has 0 aromatic heterocycles. The summed E-state index contributed by atoms with van der Waals surface area (Å²) < 4.78 is 13.0. The lowest BCUT2D eigenvalue weighted by molar-refractivity contribution is 0.0178. The van der Waals surface area contributed by atoms with Crippen LogP contribution in [0.15, 0.2) is 18.2 Å². The number of β-amino-alcohol motifs (C(OH)–C–C–N with tert-alkyl or cyclic N) is 1. The summed E-state index contributed by atoms with van der Waals surface area (Å²) in [5, 5.41) is 9.95. The molecule has 4 nitrogen and oxygen atoms in total. The van der Waals surface area contributed by atoms with Crippen LogP contribution < -0.4 is 0 Å². The van der Waals surface area contributed by atoms with Crippen molar-refractivity contribution in [3.05, 3.63) is 34.6 Å². The lowest BCUT2D eigenvalue weighted by Crippen LogP contribution is -2.52. The average Bonchev–Trinajstić information content (AvgIpc) is 2.37. The molecule has 0 saturated carbocycles. The molecule has 0 radical (unpaired) electrons. The van der Waals surface area contributed by atoms with E-state index in [0.29, 0.717) is 38.3 Å². The first-order valence-electron chi connectivity index (χ1n) is 6.95. The van der Waals surface area contributed by atoms with Crippen LogP contribution in [0.5, 0.6) is 0 Å². The van der Waals surface area contributed by atoms with Crippen molar-refractivity contribution < 1.29 is 14.3 Å². The van der Waals surface area contributed by atoms with Gasteiger partial charge in [0, 0.05) is 32.7 Å². The molecule has 1 aliphatic heterocycles. The van der Waals surface area contributed by atoms with Crippen LogP contribution in [0.1, 0.15) is 24.2 Å². The number of halogens is 2.